The molecule has 1 aliphatic heterocycles. The van der Waals surface area contributed by atoms with E-state index in [1.54, 1.807) is 0 Å². The smallest absolute Gasteiger partial charge is 0.410 e. The van der Waals surface area contributed by atoms with Crippen molar-refractivity contribution >= 4 is 6.09 Å². The third kappa shape index (κ3) is 2.53. The summed E-state index contributed by atoms with van der Waals surface area (Å²) in [5, 5.41) is 0. The maximum Gasteiger partial charge on any atom is 0.410 e. The first-order chi connectivity index (χ1) is 10.1. The molecule has 0 unspecified atom stereocenters. The number of ether oxygens (including phenoxy) is 1. The molecule has 0 aromatic heterocycles. The number of rotatable bonds is 2. The third-order valence-corrected chi connectivity index (χ3v) is 4.80. The first-order valence-electron chi connectivity index (χ1n) is 7.82. The largest absolute Gasteiger partial charge is 0.450 e. The summed E-state index contributed by atoms with van der Waals surface area (Å²) in [6.07, 6.45) is 2.84. The van der Waals surface area contributed by atoms with E-state index in [2.05, 4.69) is 37.2 Å². The van der Waals surface area contributed by atoms with Crippen molar-refractivity contribution in [3.8, 4) is 0 Å². The Morgan fingerprint density at radius 2 is 2.14 bits per heavy atom. The summed E-state index contributed by atoms with van der Waals surface area (Å²) in [7, 11) is 4.24. The van der Waals surface area contributed by atoms with Crippen LogP contribution in [0.4, 0.5) is 4.79 Å². The van der Waals surface area contributed by atoms with Crippen LogP contribution in [0.15, 0.2) is 18.2 Å². The quantitative estimate of drug-likeness (QED) is 0.838. The van der Waals surface area contributed by atoms with Crippen LogP contribution in [-0.4, -0.2) is 49.2 Å². The molecule has 4 nitrogen and oxygen atoms in total. The average Bonchev–Trinajstić information content (AvgIpc) is 2.47. The van der Waals surface area contributed by atoms with Crippen LogP contribution in [0.2, 0.25) is 0 Å². The standard InChI is InChI=1S/C17H24N2O2/c1-4-21-17(20)19-9-8-12-6-5-7-13-10-14(18(2)3)11-15(19)16(12)13/h5-7,14-15H,4,8-11H2,1-3H3/t14-,15+/m1/s1. The number of carbonyl (C=O) groups is 1. The molecule has 0 bridgehead atoms. The van der Waals surface area contributed by atoms with Crippen molar-refractivity contribution in [2.45, 2.75) is 38.3 Å². The van der Waals surface area contributed by atoms with Gasteiger partial charge >= 0.3 is 6.09 Å². The van der Waals surface area contributed by atoms with Gasteiger partial charge in [-0.15, -0.1) is 0 Å². The summed E-state index contributed by atoms with van der Waals surface area (Å²) in [6.45, 7) is 3.07. The molecule has 0 saturated heterocycles. The van der Waals surface area contributed by atoms with Crippen molar-refractivity contribution in [3.05, 3.63) is 34.9 Å². The van der Waals surface area contributed by atoms with Gasteiger partial charge in [0.15, 0.2) is 0 Å². The van der Waals surface area contributed by atoms with Crippen molar-refractivity contribution in [3.63, 3.8) is 0 Å². The molecule has 1 aromatic carbocycles. The summed E-state index contributed by atoms with van der Waals surface area (Å²) < 4.78 is 5.26. The number of carbonyl (C=O) groups excluding carboxylic acids is 1. The molecule has 0 N–H and O–H groups in total. The van der Waals surface area contributed by atoms with Crippen molar-refractivity contribution in [2.24, 2.45) is 0 Å². The Balaban J connectivity index is 1.98. The van der Waals surface area contributed by atoms with E-state index in [-0.39, 0.29) is 12.1 Å². The van der Waals surface area contributed by atoms with E-state index in [9.17, 15) is 4.79 Å². The topological polar surface area (TPSA) is 32.8 Å². The Morgan fingerprint density at radius 3 is 2.86 bits per heavy atom. The second kappa shape index (κ2) is 5.68. The molecular weight excluding hydrogens is 264 g/mol. The summed E-state index contributed by atoms with van der Waals surface area (Å²) in [4.78, 5) is 16.5. The minimum Gasteiger partial charge on any atom is -0.450 e. The highest BCUT2D eigenvalue weighted by Crippen LogP contribution is 2.41. The van der Waals surface area contributed by atoms with E-state index in [0.717, 1.165) is 25.8 Å². The van der Waals surface area contributed by atoms with Gasteiger partial charge in [0, 0.05) is 12.6 Å². The lowest BCUT2D eigenvalue weighted by molar-refractivity contribution is 0.0731. The monoisotopic (exact) mass is 288 g/mol. The predicted octanol–water partition coefficient (Wildman–Crippen LogP) is 2.62. The van der Waals surface area contributed by atoms with Gasteiger partial charge in [-0.2, -0.15) is 0 Å². The zero-order valence-electron chi connectivity index (χ0n) is 13.1. The summed E-state index contributed by atoms with van der Waals surface area (Å²) >= 11 is 0. The van der Waals surface area contributed by atoms with Crippen LogP contribution < -0.4 is 0 Å². The molecule has 4 heteroatoms. The molecular formula is C17H24N2O2. The number of benzene rings is 1. The van der Waals surface area contributed by atoms with E-state index in [4.69, 9.17) is 4.74 Å². The first-order valence-corrected chi connectivity index (χ1v) is 7.82. The maximum atomic E-state index is 12.3. The average molecular weight is 288 g/mol. The van der Waals surface area contributed by atoms with Crippen LogP contribution in [-0.2, 0) is 17.6 Å². The fraction of sp³-hybridized carbons (Fsp3) is 0.588. The highest BCUT2D eigenvalue weighted by Gasteiger charge is 2.38. The summed E-state index contributed by atoms with van der Waals surface area (Å²) in [5.41, 5.74) is 4.20. The minimum atomic E-state index is -0.164. The molecule has 0 saturated carbocycles. The molecule has 3 rings (SSSR count). The Labute approximate surface area is 126 Å². The number of hydrogen-bond donors (Lipinski definition) is 0. The van der Waals surface area contributed by atoms with Crippen LogP contribution in [0.25, 0.3) is 0 Å². The molecule has 2 aliphatic rings. The molecule has 1 aliphatic carbocycles. The lowest BCUT2D eigenvalue weighted by Gasteiger charge is -2.44. The van der Waals surface area contributed by atoms with Crippen molar-refractivity contribution < 1.29 is 9.53 Å². The van der Waals surface area contributed by atoms with Crippen LogP contribution in [0.3, 0.4) is 0 Å². The Kier molecular flexibility index (Phi) is 3.89. The fourth-order valence-electron chi connectivity index (χ4n) is 3.70. The summed E-state index contributed by atoms with van der Waals surface area (Å²) in [6, 6.07) is 7.24. The van der Waals surface area contributed by atoms with Gasteiger partial charge in [-0.25, -0.2) is 4.79 Å². The second-order valence-electron chi connectivity index (χ2n) is 6.21. The van der Waals surface area contributed by atoms with Crippen LogP contribution in [0, 0.1) is 0 Å². The number of nitrogens with zero attached hydrogens (tertiary/aromatic N) is 2. The van der Waals surface area contributed by atoms with E-state index in [0.29, 0.717) is 12.6 Å². The third-order valence-electron chi connectivity index (χ3n) is 4.80. The maximum absolute atomic E-state index is 12.3. The van der Waals surface area contributed by atoms with Gasteiger partial charge in [0.1, 0.15) is 0 Å². The fourth-order valence-corrected chi connectivity index (χ4v) is 3.70. The van der Waals surface area contributed by atoms with Gasteiger partial charge in [-0.1, -0.05) is 18.2 Å². The molecule has 114 valence electrons. The lowest BCUT2D eigenvalue weighted by atomic mass is 9.78. The zero-order valence-corrected chi connectivity index (χ0v) is 13.1. The van der Waals surface area contributed by atoms with Crippen molar-refractivity contribution in [1.82, 2.24) is 9.80 Å². The van der Waals surface area contributed by atoms with Gasteiger partial charge in [-0.05, 0) is 57.0 Å². The van der Waals surface area contributed by atoms with Gasteiger partial charge < -0.3 is 14.5 Å². The van der Waals surface area contributed by atoms with Crippen molar-refractivity contribution in [2.75, 3.05) is 27.2 Å². The number of likely N-dealkylation sites (N-methyl/N-ethyl adjacent to an activating group) is 1. The molecule has 0 spiro atoms. The Hall–Kier alpha value is -1.55. The van der Waals surface area contributed by atoms with Crippen molar-refractivity contribution in [1.29, 1.82) is 0 Å². The molecule has 21 heavy (non-hydrogen) atoms. The van der Waals surface area contributed by atoms with Gasteiger partial charge in [0.2, 0.25) is 0 Å². The molecule has 0 fully saturated rings. The molecule has 0 radical (unpaired) electrons. The predicted molar refractivity (Wildman–Crippen MR) is 82.4 cm³/mol. The molecule has 2 atom stereocenters. The van der Waals surface area contributed by atoms with E-state index in [1.165, 1.54) is 16.7 Å². The highest BCUT2D eigenvalue weighted by atomic mass is 16.6. The van der Waals surface area contributed by atoms with E-state index >= 15 is 0 Å². The van der Waals surface area contributed by atoms with Gasteiger partial charge in [0.05, 0.1) is 12.6 Å². The Morgan fingerprint density at radius 1 is 1.38 bits per heavy atom. The minimum absolute atomic E-state index is 0.164. The molecule has 1 amide bonds. The highest BCUT2D eigenvalue weighted by molar-refractivity contribution is 5.69. The number of amides is 1. The van der Waals surface area contributed by atoms with E-state index < -0.39 is 0 Å². The zero-order chi connectivity index (χ0) is 15.0. The Bertz CT molecular complexity index is 542. The lowest BCUT2D eigenvalue weighted by Crippen LogP contribution is -2.46. The van der Waals surface area contributed by atoms with E-state index in [1.807, 2.05) is 11.8 Å². The number of hydrogen-bond acceptors (Lipinski definition) is 3. The van der Waals surface area contributed by atoms with Gasteiger partial charge in [-0.3, -0.25) is 0 Å². The SMILES string of the molecule is CCOC(=O)N1CCc2cccc3c2[C@@H]1C[C@H](N(C)C)C3. The van der Waals surface area contributed by atoms with Crippen LogP contribution >= 0.6 is 0 Å². The van der Waals surface area contributed by atoms with Gasteiger partial charge in [0.25, 0.3) is 0 Å². The van der Waals surface area contributed by atoms with Crippen LogP contribution in [0.1, 0.15) is 36.1 Å². The first kappa shape index (κ1) is 14.4. The summed E-state index contributed by atoms with van der Waals surface area (Å²) in [5.74, 6) is 0. The normalized spacial score (nSPS) is 23.9. The molecule has 1 aromatic rings. The van der Waals surface area contributed by atoms with Crippen LogP contribution in [0.5, 0.6) is 0 Å². The molecule has 1 heterocycles. The second-order valence-corrected chi connectivity index (χ2v) is 6.21.